The minimum Gasteiger partial charge on any atom is -0.356 e. The van der Waals surface area contributed by atoms with Crippen molar-refractivity contribution in [3.05, 3.63) is 0 Å². The Hall–Kier alpha value is -1.94. The average Bonchev–Trinajstić information content (AvgIpc) is 4.14. The maximum Gasteiger partial charge on any atom is 0.334 e. The van der Waals surface area contributed by atoms with Gasteiger partial charge in [-0.15, -0.1) is 15.2 Å². The second kappa shape index (κ2) is 33.5. The minimum absolute atomic E-state index is 0.00401. The molecular formula is C38H57N5O13S8. The van der Waals surface area contributed by atoms with E-state index < -0.39 is 53.4 Å². The van der Waals surface area contributed by atoms with Gasteiger partial charge >= 0.3 is 17.9 Å². The topological polar surface area (TPSA) is 246 Å². The standard InChI is InChI=1S/C17H26N2O5S4.C14H16N2O8S2.C7H15NS2/c20-14(18-8-2-1-3-13-11-27-28-12-13)6-9-25-26-10-7-17(23)24-19-15(21)4-5-16(19)22;17-9-1-2-10(18)15(9)23-13(21)5-7-25-26-8-6-14(22)24-16-11(19)3-4-12(16)20;8-4-2-1-3-7-5-9-10-6-7/h13H,1-12H2,(H,18,20);1-8H2;7H,1-6,8H2. The van der Waals surface area contributed by atoms with Gasteiger partial charge in [-0.1, -0.05) is 99.2 Å². The summed E-state index contributed by atoms with van der Waals surface area (Å²) in [6.07, 6.45) is 8.32. The predicted molar refractivity (Wildman–Crippen MR) is 256 cm³/mol. The van der Waals surface area contributed by atoms with E-state index in [0.717, 1.165) is 31.3 Å². The Morgan fingerprint density at radius 3 is 1.14 bits per heavy atom. The van der Waals surface area contributed by atoms with Crippen LogP contribution in [0.1, 0.15) is 103 Å². The van der Waals surface area contributed by atoms with Gasteiger partial charge in [0.2, 0.25) is 5.91 Å². The van der Waals surface area contributed by atoms with Crippen LogP contribution in [0.2, 0.25) is 0 Å². The fourth-order valence-corrected chi connectivity index (χ4v) is 15.6. The molecule has 7 amide bonds. The summed E-state index contributed by atoms with van der Waals surface area (Å²) in [5.41, 5.74) is 5.40. The van der Waals surface area contributed by atoms with Crippen molar-refractivity contribution in [1.82, 2.24) is 20.5 Å². The van der Waals surface area contributed by atoms with Crippen molar-refractivity contribution in [2.24, 2.45) is 17.6 Å². The molecule has 0 aliphatic carbocycles. The number of unbranched alkanes of at least 4 members (excludes halogenated alkanes) is 2. The minimum atomic E-state index is -0.688. The zero-order chi connectivity index (χ0) is 46.5. The first-order valence-corrected chi connectivity index (χ1v) is 31.0. The molecule has 0 bridgehead atoms. The van der Waals surface area contributed by atoms with E-state index in [9.17, 15) is 47.9 Å². The third-order valence-electron chi connectivity index (χ3n) is 9.15. The number of carbonyl (C=O) groups is 10. The van der Waals surface area contributed by atoms with Crippen LogP contribution in [0, 0.1) is 11.8 Å². The molecule has 5 aliphatic rings. The number of rotatable bonds is 26. The van der Waals surface area contributed by atoms with Crippen molar-refractivity contribution in [3.63, 3.8) is 0 Å². The van der Waals surface area contributed by atoms with Gasteiger partial charge in [0.1, 0.15) is 0 Å². The summed E-state index contributed by atoms with van der Waals surface area (Å²) in [6.45, 7) is 1.61. The Balaban J connectivity index is 0.000000281. The maximum absolute atomic E-state index is 11.8. The van der Waals surface area contributed by atoms with E-state index in [-0.39, 0.29) is 63.7 Å². The summed E-state index contributed by atoms with van der Waals surface area (Å²) < 4.78 is 0. The first-order chi connectivity index (χ1) is 30.9. The molecule has 5 saturated heterocycles. The Morgan fingerprint density at radius 2 is 0.812 bits per heavy atom. The van der Waals surface area contributed by atoms with E-state index in [1.165, 1.54) is 98.3 Å². The first kappa shape index (κ1) is 56.4. The normalized spacial score (nSPS) is 17.7. The lowest BCUT2D eigenvalue weighted by atomic mass is 10.1. The summed E-state index contributed by atoms with van der Waals surface area (Å²) in [6, 6.07) is 0. The molecule has 5 heterocycles. The Kier molecular flexibility index (Phi) is 29.5. The van der Waals surface area contributed by atoms with Gasteiger partial charge in [0.25, 0.3) is 35.4 Å². The van der Waals surface area contributed by atoms with Gasteiger partial charge in [-0.05, 0) is 44.1 Å². The number of amides is 7. The van der Waals surface area contributed by atoms with E-state index >= 15 is 0 Å². The summed E-state index contributed by atoms with van der Waals surface area (Å²) in [5.74, 6) is 4.02. The monoisotopic (exact) mass is 1050 g/mol. The SMILES string of the molecule is NCCCCC1CSSC1.O=C(CCSSCCC(=O)ON1C(=O)CCC1=O)NCCCCC1CSSC1.O=C(CCSSCCC(=O)ON1C(=O)CCC1=O)ON1C(=O)CCC1=O. The van der Waals surface area contributed by atoms with Crippen molar-refractivity contribution in [3.8, 4) is 0 Å². The average molecular weight is 1050 g/mol. The fraction of sp³-hybridized carbons (Fsp3) is 0.737. The Labute approximate surface area is 405 Å². The van der Waals surface area contributed by atoms with Crippen LogP contribution < -0.4 is 11.1 Å². The van der Waals surface area contributed by atoms with Gasteiger partial charge in [-0.25, -0.2) is 14.4 Å². The molecule has 0 aromatic heterocycles. The van der Waals surface area contributed by atoms with Crippen LogP contribution in [-0.4, -0.2) is 134 Å². The van der Waals surface area contributed by atoms with E-state index in [1.807, 2.05) is 43.2 Å². The van der Waals surface area contributed by atoms with Crippen molar-refractivity contribution >= 4 is 146 Å². The zero-order valence-electron chi connectivity index (χ0n) is 35.5. The third kappa shape index (κ3) is 23.7. The molecule has 0 radical (unpaired) electrons. The molecule has 26 heteroatoms. The highest BCUT2D eigenvalue weighted by molar-refractivity contribution is 8.77. The van der Waals surface area contributed by atoms with Crippen LogP contribution in [0.15, 0.2) is 0 Å². The van der Waals surface area contributed by atoms with Crippen molar-refractivity contribution in [2.45, 2.75) is 103 Å². The van der Waals surface area contributed by atoms with Crippen LogP contribution in [0.3, 0.4) is 0 Å². The van der Waals surface area contributed by atoms with E-state index in [2.05, 4.69) is 5.32 Å². The van der Waals surface area contributed by atoms with Gasteiger partial charge in [-0.2, -0.15) is 0 Å². The predicted octanol–water partition coefficient (Wildman–Crippen LogP) is 5.54. The van der Waals surface area contributed by atoms with Gasteiger partial charge < -0.3 is 25.6 Å². The lowest BCUT2D eigenvalue weighted by Crippen LogP contribution is -2.32. The number of carbonyl (C=O) groups excluding carboxylic acids is 10. The molecule has 0 aromatic carbocycles. The number of nitrogens with one attached hydrogen (secondary N) is 1. The smallest absolute Gasteiger partial charge is 0.334 e. The molecular weight excluding hydrogens is 991 g/mol. The molecule has 0 atom stereocenters. The lowest BCUT2D eigenvalue weighted by Gasteiger charge is -2.12. The molecule has 360 valence electrons. The zero-order valence-corrected chi connectivity index (χ0v) is 42.1. The van der Waals surface area contributed by atoms with E-state index in [0.29, 0.717) is 44.6 Å². The Bertz CT molecular complexity index is 1490. The molecule has 0 saturated carbocycles. The number of nitrogens with zero attached hydrogens (tertiary/aromatic N) is 3. The fourth-order valence-electron chi connectivity index (χ4n) is 5.62. The van der Waals surface area contributed by atoms with Crippen LogP contribution in [0.25, 0.3) is 0 Å². The second-order valence-electron chi connectivity index (χ2n) is 14.4. The quantitative estimate of drug-likeness (QED) is 0.0613. The van der Waals surface area contributed by atoms with Gasteiger partial charge in [0.15, 0.2) is 0 Å². The van der Waals surface area contributed by atoms with E-state index in [4.69, 9.17) is 20.2 Å². The molecule has 5 fully saturated rings. The van der Waals surface area contributed by atoms with Crippen LogP contribution in [0.5, 0.6) is 0 Å². The molecule has 64 heavy (non-hydrogen) atoms. The second-order valence-corrected chi connectivity index (χ2v) is 24.9. The maximum atomic E-state index is 11.8. The number of hydroxylamine groups is 6. The van der Waals surface area contributed by atoms with Crippen LogP contribution in [0.4, 0.5) is 0 Å². The van der Waals surface area contributed by atoms with Crippen molar-refractivity contribution in [2.75, 3.05) is 59.1 Å². The van der Waals surface area contributed by atoms with Crippen LogP contribution >= 0.6 is 86.4 Å². The Morgan fingerprint density at radius 1 is 0.500 bits per heavy atom. The molecule has 3 N–H and O–H groups in total. The molecule has 5 aliphatic heterocycles. The van der Waals surface area contributed by atoms with E-state index in [1.54, 1.807) is 0 Å². The highest BCUT2D eigenvalue weighted by Gasteiger charge is 2.34. The summed E-state index contributed by atoms with van der Waals surface area (Å²) >= 11 is 0. The molecule has 5 rings (SSSR count). The largest absolute Gasteiger partial charge is 0.356 e. The molecule has 18 nitrogen and oxygen atoms in total. The number of imide groups is 3. The van der Waals surface area contributed by atoms with Crippen molar-refractivity contribution < 1.29 is 62.5 Å². The molecule has 0 aromatic rings. The summed E-state index contributed by atoms with van der Waals surface area (Å²) in [7, 11) is 13.6. The molecule has 0 spiro atoms. The highest BCUT2D eigenvalue weighted by Crippen LogP contribution is 2.37. The van der Waals surface area contributed by atoms with Gasteiger partial charge in [-0.3, -0.25) is 33.6 Å². The number of hydrogen-bond acceptors (Lipinski definition) is 22. The van der Waals surface area contributed by atoms with Crippen LogP contribution in [-0.2, 0) is 62.5 Å². The number of nitrogens with two attached hydrogens (primary N) is 1. The lowest BCUT2D eigenvalue weighted by molar-refractivity contribution is -0.197. The van der Waals surface area contributed by atoms with Crippen molar-refractivity contribution in [1.29, 1.82) is 0 Å². The first-order valence-electron chi connectivity index (χ1n) is 21.0. The molecule has 0 unspecified atom stereocenters. The van der Waals surface area contributed by atoms with Gasteiger partial charge in [0.05, 0.1) is 19.3 Å². The number of hydrogen-bond donors (Lipinski definition) is 2. The van der Waals surface area contributed by atoms with Gasteiger partial charge in [0, 0.05) is 97.5 Å². The highest BCUT2D eigenvalue weighted by atomic mass is 33.1. The summed E-state index contributed by atoms with van der Waals surface area (Å²) in [4.78, 5) is 129. The summed E-state index contributed by atoms with van der Waals surface area (Å²) in [5, 5.41) is 4.51. The third-order valence-corrected chi connectivity index (χ3v) is 19.4.